The Morgan fingerprint density at radius 3 is 2.31 bits per heavy atom. The highest BCUT2D eigenvalue weighted by Crippen LogP contribution is 2.37. The van der Waals surface area contributed by atoms with E-state index in [2.05, 4.69) is 27.0 Å². The second-order valence-corrected chi connectivity index (χ2v) is 9.51. The van der Waals surface area contributed by atoms with Crippen molar-refractivity contribution in [3.05, 3.63) is 137 Å². The molecule has 5 rings (SSSR count). The predicted molar refractivity (Wildman–Crippen MR) is 146 cm³/mol. The van der Waals surface area contributed by atoms with Crippen LogP contribution in [0, 0.1) is 0 Å². The van der Waals surface area contributed by atoms with Crippen molar-refractivity contribution in [3.63, 3.8) is 0 Å². The molecule has 4 nitrogen and oxygen atoms in total. The summed E-state index contributed by atoms with van der Waals surface area (Å²) in [7, 11) is 0. The number of pyridine rings is 1. The van der Waals surface area contributed by atoms with E-state index < -0.39 is 17.7 Å². The maximum Gasteiger partial charge on any atom is 0.416 e. The van der Waals surface area contributed by atoms with Crippen molar-refractivity contribution in [2.45, 2.75) is 31.5 Å². The van der Waals surface area contributed by atoms with E-state index in [0.717, 1.165) is 39.9 Å². The minimum Gasteiger partial charge on any atom is -0.356 e. The average molecular weight is 528 g/mol. The lowest BCUT2D eigenvalue weighted by Crippen LogP contribution is -2.27. The molecule has 1 N–H and O–H groups in total. The molecule has 0 saturated heterocycles. The van der Waals surface area contributed by atoms with Crippen LogP contribution >= 0.6 is 0 Å². The van der Waals surface area contributed by atoms with Gasteiger partial charge in [-0.05, 0) is 47.0 Å². The SMILES string of the molecule is O=C(C[C@@H](c1ccc(C(F)(F)F)cc1)c1cn(Cc2ccccc2)c2ccccc12)NCCc1ccccn1. The van der Waals surface area contributed by atoms with E-state index in [9.17, 15) is 18.0 Å². The fourth-order valence-corrected chi connectivity index (χ4v) is 4.91. The van der Waals surface area contributed by atoms with Crippen molar-refractivity contribution < 1.29 is 18.0 Å². The van der Waals surface area contributed by atoms with Crippen LogP contribution in [-0.4, -0.2) is 22.0 Å². The van der Waals surface area contributed by atoms with Gasteiger partial charge in [-0.25, -0.2) is 0 Å². The van der Waals surface area contributed by atoms with Gasteiger partial charge in [0.05, 0.1) is 5.56 Å². The van der Waals surface area contributed by atoms with Crippen LogP contribution in [0.1, 0.15) is 40.3 Å². The molecule has 0 bridgehead atoms. The molecule has 0 aliphatic carbocycles. The van der Waals surface area contributed by atoms with Gasteiger partial charge >= 0.3 is 6.18 Å². The van der Waals surface area contributed by atoms with E-state index in [1.165, 1.54) is 12.1 Å². The zero-order chi connectivity index (χ0) is 27.2. The molecule has 0 fully saturated rings. The molecule has 0 aliphatic rings. The number of nitrogens with one attached hydrogen (secondary N) is 1. The summed E-state index contributed by atoms with van der Waals surface area (Å²) in [5.74, 6) is -0.597. The number of carbonyl (C=O) groups is 1. The normalized spacial score (nSPS) is 12.4. The molecule has 1 amide bonds. The lowest BCUT2D eigenvalue weighted by molar-refractivity contribution is -0.137. The minimum absolute atomic E-state index is 0.104. The number of carbonyl (C=O) groups excluding carboxylic acids is 1. The molecule has 7 heteroatoms. The van der Waals surface area contributed by atoms with Gasteiger partial charge in [0.2, 0.25) is 5.91 Å². The molecule has 39 heavy (non-hydrogen) atoms. The van der Waals surface area contributed by atoms with Gasteiger partial charge < -0.3 is 9.88 Å². The lowest BCUT2D eigenvalue weighted by Gasteiger charge is -2.18. The summed E-state index contributed by atoms with van der Waals surface area (Å²) in [6, 6.07) is 28.8. The predicted octanol–water partition coefficient (Wildman–Crippen LogP) is 6.98. The Morgan fingerprint density at radius 1 is 0.872 bits per heavy atom. The van der Waals surface area contributed by atoms with E-state index in [1.54, 1.807) is 6.20 Å². The summed E-state index contributed by atoms with van der Waals surface area (Å²) in [6.45, 7) is 1.06. The summed E-state index contributed by atoms with van der Waals surface area (Å²) >= 11 is 0. The van der Waals surface area contributed by atoms with Crippen molar-refractivity contribution in [1.29, 1.82) is 0 Å². The molecule has 0 aliphatic heterocycles. The summed E-state index contributed by atoms with van der Waals surface area (Å²) in [6.07, 6.45) is 0.00754. The molecule has 5 aromatic rings. The van der Waals surface area contributed by atoms with E-state index in [0.29, 0.717) is 25.1 Å². The monoisotopic (exact) mass is 527 g/mol. The highest BCUT2D eigenvalue weighted by molar-refractivity contribution is 5.86. The number of amides is 1. The Bertz CT molecular complexity index is 1530. The number of para-hydroxylation sites is 1. The molecule has 2 aromatic heterocycles. The maximum absolute atomic E-state index is 13.3. The molecule has 3 aromatic carbocycles. The topological polar surface area (TPSA) is 46.9 Å². The molecular weight excluding hydrogens is 499 g/mol. The van der Waals surface area contributed by atoms with Gasteiger partial charge in [0, 0.05) is 60.8 Å². The Labute approximate surface area is 225 Å². The van der Waals surface area contributed by atoms with Gasteiger partial charge in [0.1, 0.15) is 0 Å². The second kappa shape index (κ2) is 11.6. The van der Waals surface area contributed by atoms with Gasteiger partial charge in [-0.15, -0.1) is 0 Å². The zero-order valence-electron chi connectivity index (χ0n) is 21.2. The fraction of sp³-hybridized carbons (Fsp3) is 0.188. The Kier molecular flexibility index (Phi) is 7.77. The number of benzene rings is 3. The highest BCUT2D eigenvalue weighted by Gasteiger charge is 2.31. The van der Waals surface area contributed by atoms with Crippen LogP contribution in [0.3, 0.4) is 0 Å². The number of halogens is 3. The molecule has 198 valence electrons. The third-order valence-corrected chi connectivity index (χ3v) is 6.85. The van der Waals surface area contributed by atoms with Crippen LogP contribution in [0.4, 0.5) is 13.2 Å². The van der Waals surface area contributed by atoms with Crippen LogP contribution in [-0.2, 0) is 23.9 Å². The van der Waals surface area contributed by atoms with Gasteiger partial charge in [0.25, 0.3) is 0 Å². The number of nitrogens with zero attached hydrogens (tertiary/aromatic N) is 2. The summed E-state index contributed by atoms with van der Waals surface area (Å²) < 4.78 is 42.0. The van der Waals surface area contributed by atoms with Crippen molar-refractivity contribution in [3.8, 4) is 0 Å². The molecular formula is C32H28F3N3O. The molecule has 2 heterocycles. The minimum atomic E-state index is -4.43. The summed E-state index contributed by atoms with van der Waals surface area (Å²) in [4.78, 5) is 17.4. The van der Waals surface area contributed by atoms with Gasteiger partial charge in [0.15, 0.2) is 0 Å². The van der Waals surface area contributed by atoms with E-state index >= 15 is 0 Å². The zero-order valence-corrected chi connectivity index (χ0v) is 21.2. The van der Waals surface area contributed by atoms with Crippen molar-refractivity contribution in [2.75, 3.05) is 6.54 Å². The average Bonchev–Trinajstić information content (AvgIpc) is 3.30. The quantitative estimate of drug-likeness (QED) is 0.225. The number of hydrogen-bond donors (Lipinski definition) is 1. The van der Waals surface area contributed by atoms with Crippen LogP contribution in [0.25, 0.3) is 10.9 Å². The van der Waals surface area contributed by atoms with Crippen LogP contribution in [0.5, 0.6) is 0 Å². The van der Waals surface area contributed by atoms with Gasteiger partial charge in [-0.2, -0.15) is 13.2 Å². The number of fused-ring (bicyclic) bond motifs is 1. The fourth-order valence-electron chi connectivity index (χ4n) is 4.91. The number of aromatic nitrogens is 2. The maximum atomic E-state index is 13.3. The Hall–Kier alpha value is -4.39. The lowest BCUT2D eigenvalue weighted by atomic mass is 9.87. The van der Waals surface area contributed by atoms with Crippen LogP contribution in [0.2, 0.25) is 0 Å². The van der Waals surface area contributed by atoms with Gasteiger partial charge in [-0.1, -0.05) is 66.7 Å². The highest BCUT2D eigenvalue weighted by atomic mass is 19.4. The molecule has 0 unspecified atom stereocenters. The van der Waals surface area contributed by atoms with Crippen molar-refractivity contribution in [1.82, 2.24) is 14.9 Å². The number of hydrogen-bond acceptors (Lipinski definition) is 2. The van der Waals surface area contributed by atoms with Crippen LogP contribution < -0.4 is 5.32 Å². The van der Waals surface area contributed by atoms with E-state index in [1.807, 2.05) is 66.9 Å². The molecule has 0 radical (unpaired) electrons. The first kappa shape index (κ1) is 26.2. The first-order valence-electron chi connectivity index (χ1n) is 12.8. The van der Waals surface area contributed by atoms with E-state index in [-0.39, 0.29) is 12.3 Å². The first-order chi connectivity index (χ1) is 18.9. The summed E-state index contributed by atoms with van der Waals surface area (Å²) in [5, 5.41) is 3.94. The Balaban J connectivity index is 1.46. The van der Waals surface area contributed by atoms with Crippen molar-refractivity contribution >= 4 is 16.8 Å². The molecule has 1 atom stereocenters. The van der Waals surface area contributed by atoms with Crippen LogP contribution in [0.15, 0.2) is 109 Å². The smallest absolute Gasteiger partial charge is 0.356 e. The molecule has 0 saturated carbocycles. The Morgan fingerprint density at radius 2 is 1.59 bits per heavy atom. The summed E-state index contributed by atoms with van der Waals surface area (Å²) in [5.41, 5.74) is 3.86. The van der Waals surface area contributed by atoms with Gasteiger partial charge in [-0.3, -0.25) is 9.78 Å². The first-order valence-corrected chi connectivity index (χ1v) is 12.8. The molecule has 0 spiro atoms. The largest absolute Gasteiger partial charge is 0.416 e. The van der Waals surface area contributed by atoms with Crippen molar-refractivity contribution in [2.24, 2.45) is 0 Å². The van der Waals surface area contributed by atoms with E-state index in [4.69, 9.17) is 0 Å². The standard InChI is InChI=1S/C32H28F3N3O/c33-32(34,35)25-15-13-24(14-16-25)28(20-31(39)37-19-17-26-10-6-7-18-36-26)29-22-38(21-23-8-2-1-3-9-23)30-12-5-4-11-27(29)30/h1-16,18,22,28H,17,19-21H2,(H,37,39)/t28-/m0/s1. The third-order valence-electron chi connectivity index (χ3n) is 6.85. The number of rotatable bonds is 9. The number of alkyl halides is 3. The third kappa shape index (κ3) is 6.37. The second-order valence-electron chi connectivity index (χ2n) is 9.51.